The topological polar surface area (TPSA) is 75.3 Å². The first-order valence-corrected chi connectivity index (χ1v) is 8.81. The van der Waals surface area contributed by atoms with Gasteiger partial charge in [-0.3, -0.25) is 4.79 Å². The number of nitrogens with one attached hydrogen (secondary N) is 2. The van der Waals surface area contributed by atoms with Crippen molar-refractivity contribution in [2.24, 2.45) is 0 Å². The van der Waals surface area contributed by atoms with E-state index in [9.17, 15) is 13.2 Å². The van der Waals surface area contributed by atoms with Crippen molar-refractivity contribution < 1.29 is 13.2 Å². The van der Waals surface area contributed by atoms with E-state index in [1.165, 1.54) is 0 Å². The fourth-order valence-corrected chi connectivity index (χ4v) is 2.76. The largest absolute Gasteiger partial charge is 0.326 e. The monoisotopic (exact) mass is 312 g/mol. The first-order valence-electron chi connectivity index (χ1n) is 7.10. The molecule has 1 aromatic carbocycles. The summed E-state index contributed by atoms with van der Waals surface area (Å²) in [4.78, 5) is 11.7. The second kappa shape index (κ2) is 8.14. The van der Waals surface area contributed by atoms with Gasteiger partial charge in [0.1, 0.15) is 0 Å². The number of benzene rings is 1. The Morgan fingerprint density at radius 3 is 2.62 bits per heavy atom. The predicted octanol–water partition coefficient (Wildman–Crippen LogP) is 1.95. The van der Waals surface area contributed by atoms with Gasteiger partial charge in [-0.1, -0.05) is 12.1 Å². The normalized spacial score (nSPS) is 11.6. The quantitative estimate of drug-likeness (QED) is 0.719. The predicted molar refractivity (Wildman–Crippen MR) is 86.0 cm³/mol. The molecule has 1 amide bonds. The average molecular weight is 312 g/mol. The van der Waals surface area contributed by atoms with Gasteiger partial charge >= 0.3 is 0 Å². The summed E-state index contributed by atoms with van der Waals surface area (Å²) in [6.45, 7) is 4.13. The van der Waals surface area contributed by atoms with Crippen LogP contribution in [0.15, 0.2) is 24.3 Å². The molecule has 0 heterocycles. The highest BCUT2D eigenvalue weighted by molar-refractivity contribution is 7.91. The number of hydrogen-bond acceptors (Lipinski definition) is 4. The lowest BCUT2D eigenvalue weighted by Crippen LogP contribution is -2.17. The van der Waals surface area contributed by atoms with Crippen LogP contribution in [0.25, 0.3) is 0 Å². The van der Waals surface area contributed by atoms with Crippen molar-refractivity contribution in [3.05, 3.63) is 29.8 Å². The Balaban J connectivity index is 2.66. The number of carbonyl (C=O) groups excluding carboxylic acids is 1. The number of rotatable bonds is 8. The van der Waals surface area contributed by atoms with E-state index in [1.54, 1.807) is 38.1 Å². The van der Waals surface area contributed by atoms with E-state index in [0.717, 1.165) is 13.0 Å². The molecule has 0 spiro atoms. The molecule has 0 radical (unpaired) electrons. The van der Waals surface area contributed by atoms with E-state index in [1.807, 2.05) is 7.05 Å². The van der Waals surface area contributed by atoms with Gasteiger partial charge in [-0.05, 0) is 51.6 Å². The molecule has 6 heteroatoms. The van der Waals surface area contributed by atoms with Crippen LogP contribution in [0.3, 0.4) is 0 Å². The molecule has 0 atom stereocenters. The summed E-state index contributed by atoms with van der Waals surface area (Å²) in [5, 5.41) is 5.38. The Labute approximate surface area is 127 Å². The highest BCUT2D eigenvalue weighted by Crippen LogP contribution is 2.16. The molecule has 118 valence electrons. The van der Waals surface area contributed by atoms with Crippen molar-refractivity contribution in [1.29, 1.82) is 0 Å². The maximum atomic E-state index is 11.9. The maximum absolute atomic E-state index is 11.9. The maximum Gasteiger partial charge on any atom is 0.224 e. The summed E-state index contributed by atoms with van der Waals surface area (Å²) >= 11 is 0. The lowest BCUT2D eigenvalue weighted by molar-refractivity contribution is -0.116. The lowest BCUT2D eigenvalue weighted by Gasteiger charge is -2.10. The van der Waals surface area contributed by atoms with Crippen LogP contribution < -0.4 is 10.6 Å². The minimum absolute atomic E-state index is 0.00582. The van der Waals surface area contributed by atoms with Gasteiger partial charge in [-0.2, -0.15) is 0 Å². The van der Waals surface area contributed by atoms with Gasteiger partial charge in [0.25, 0.3) is 0 Å². The highest BCUT2D eigenvalue weighted by atomic mass is 32.2. The van der Waals surface area contributed by atoms with Gasteiger partial charge in [0, 0.05) is 12.1 Å². The fourth-order valence-electron chi connectivity index (χ4n) is 1.79. The molecule has 0 aliphatic carbocycles. The van der Waals surface area contributed by atoms with Gasteiger partial charge in [0.15, 0.2) is 9.84 Å². The van der Waals surface area contributed by atoms with Crippen LogP contribution >= 0.6 is 0 Å². The average Bonchev–Trinajstić information content (AvgIpc) is 2.38. The summed E-state index contributed by atoms with van der Waals surface area (Å²) < 4.78 is 23.8. The van der Waals surface area contributed by atoms with E-state index in [4.69, 9.17) is 0 Å². The molecular weight excluding hydrogens is 288 g/mol. The third kappa shape index (κ3) is 6.27. The third-order valence-corrected chi connectivity index (χ3v) is 5.30. The number of hydrogen-bond donors (Lipinski definition) is 2. The molecule has 0 aliphatic heterocycles. The Kier molecular flexibility index (Phi) is 6.84. The molecule has 0 saturated heterocycles. The first-order chi connectivity index (χ1) is 9.85. The van der Waals surface area contributed by atoms with Crippen molar-refractivity contribution >= 4 is 21.4 Å². The molecular formula is C15H24N2O3S. The molecule has 0 aromatic heterocycles. The summed E-state index contributed by atoms with van der Waals surface area (Å²) in [6, 6.07) is 7.00. The van der Waals surface area contributed by atoms with E-state index < -0.39 is 15.1 Å². The van der Waals surface area contributed by atoms with E-state index >= 15 is 0 Å². The lowest BCUT2D eigenvalue weighted by atomic mass is 10.2. The molecule has 0 fully saturated rings. The second-order valence-electron chi connectivity index (χ2n) is 5.31. The third-order valence-electron chi connectivity index (χ3n) is 3.13. The Bertz CT molecular complexity index is 568. The van der Waals surface area contributed by atoms with Crippen molar-refractivity contribution in [1.82, 2.24) is 5.32 Å². The SMILES string of the molecule is CNCCCC(=O)Nc1cccc(CS(=O)(=O)C(C)C)c1. The Morgan fingerprint density at radius 2 is 2.00 bits per heavy atom. The van der Waals surface area contributed by atoms with Crippen LogP contribution in [0.2, 0.25) is 0 Å². The number of sulfone groups is 1. The number of amides is 1. The zero-order valence-electron chi connectivity index (χ0n) is 12.8. The van der Waals surface area contributed by atoms with Crippen molar-refractivity contribution in [3.8, 4) is 0 Å². The Hall–Kier alpha value is -1.40. The van der Waals surface area contributed by atoms with Crippen LogP contribution in [-0.2, 0) is 20.4 Å². The number of anilines is 1. The minimum atomic E-state index is -3.14. The zero-order valence-corrected chi connectivity index (χ0v) is 13.7. The molecule has 2 N–H and O–H groups in total. The van der Waals surface area contributed by atoms with Gasteiger partial charge in [0.05, 0.1) is 11.0 Å². The van der Waals surface area contributed by atoms with Crippen LogP contribution in [0.1, 0.15) is 32.3 Å². The highest BCUT2D eigenvalue weighted by Gasteiger charge is 2.16. The van der Waals surface area contributed by atoms with E-state index in [0.29, 0.717) is 17.7 Å². The van der Waals surface area contributed by atoms with Gasteiger partial charge in [-0.25, -0.2) is 8.42 Å². The van der Waals surface area contributed by atoms with E-state index in [-0.39, 0.29) is 11.7 Å². The van der Waals surface area contributed by atoms with Crippen molar-refractivity contribution in [3.63, 3.8) is 0 Å². The van der Waals surface area contributed by atoms with Crippen LogP contribution in [-0.4, -0.2) is 33.2 Å². The zero-order chi connectivity index (χ0) is 15.9. The molecule has 0 unspecified atom stereocenters. The molecule has 1 rings (SSSR count). The van der Waals surface area contributed by atoms with E-state index in [2.05, 4.69) is 10.6 Å². The van der Waals surface area contributed by atoms with Crippen LogP contribution in [0, 0.1) is 0 Å². The number of carbonyl (C=O) groups is 1. The van der Waals surface area contributed by atoms with Gasteiger partial charge in [-0.15, -0.1) is 0 Å². The molecule has 21 heavy (non-hydrogen) atoms. The second-order valence-corrected chi connectivity index (χ2v) is 7.87. The molecule has 0 aliphatic rings. The van der Waals surface area contributed by atoms with Crippen LogP contribution in [0.4, 0.5) is 5.69 Å². The van der Waals surface area contributed by atoms with Crippen molar-refractivity contribution in [2.75, 3.05) is 18.9 Å². The van der Waals surface area contributed by atoms with Gasteiger partial charge < -0.3 is 10.6 Å². The summed E-state index contributed by atoms with van der Waals surface area (Å²) in [7, 11) is -1.29. The van der Waals surface area contributed by atoms with Crippen molar-refractivity contribution in [2.45, 2.75) is 37.7 Å². The minimum Gasteiger partial charge on any atom is -0.326 e. The van der Waals surface area contributed by atoms with Gasteiger partial charge in [0.2, 0.25) is 5.91 Å². The molecule has 1 aromatic rings. The summed E-state index contributed by atoms with van der Waals surface area (Å²) in [5.41, 5.74) is 1.33. The smallest absolute Gasteiger partial charge is 0.224 e. The standard InChI is InChI=1S/C15H24N2O3S/c1-12(2)21(19,20)11-13-6-4-7-14(10-13)17-15(18)8-5-9-16-3/h4,6-7,10,12,16H,5,8-9,11H2,1-3H3,(H,17,18). The fraction of sp³-hybridized carbons (Fsp3) is 0.533. The Morgan fingerprint density at radius 1 is 1.29 bits per heavy atom. The molecule has 0 bridgehead atoms. The first kappa shape index (κ1) is 17.7. The summed E-state index contributed by atoms with van der Waals surface area (Å²) in [6.07, 6.45) is 1.21. The summed E-state index contributed by atoms with van der Waals surface area (Å²) in [5.74, 6) is -0.0668. The molecule has 5 nitrogen and oxygen atoms in total. The molecule has 0 saturated carbocycles. The van der Waals surface area contributed by atoms with Crippen LogP contribution in [0.5, 0.6) is 0 Å².